The second kappa shape index (κ2) is 5.06. The molecule has 0 amide bonds. The van der Waals surface area contributed by atoms with Gasteiger partial charge in [0, 0.05) is 0 Å². The van der Waals surface area contributed by atoms with Gasteiger partial charge in [0.2, 0.25) is 0 Å². The molecule has 78 valence electrons. The quantitative estimate of drug-likeness (QED) is 0.749. The van der Waals surface area contributed by atoms with Gasteiger partial charge >= 0.3 is 90.5 Å². The predicted octanol–water partition coefficient (Wildman–Crippen LogP) is 1.21. The maximum atomic E-state index is 5.70. The van der Waals surface area contributed by atoms with Crippen molar-refractivity contribution in [2.24, 2.45) is 0 Å². The van der Waals surface area contributed by atoms with Crippen LogP contribution in [-0.2, 0) is 17.6 Å². The van der Waals surface area contributed by atoms with Crippen LogP contribution in [0, 0.1) is 0 Å². The molecule has 0 aliphatic heterocycles. The van der Waals surface area contributed by atoms with Crippen molar-refractivity contribution in [3.63, 3.8) is 0 Å². The molecule has 3 nitrogen and oxygen atoms in total. The van der Waals surface area contributed by atoms with Crippen molar-refractivity contribution < 1.29 is 4.74 Å². The van der Waals surface area contributed by atoms with Gasteiger partial charge in [-0.05, 0) is 0 Å². The van der Waals surface area contributed by atoms with Gasteiger partial charge in [-0.15, -0.1) is 0 Å². The normalized spacial score (nSPS) is 22.5. The summed E-state index contributed by atoms with van der Waals surface area (Å²) in [6, 6.07) is 0. The molecular weight excluding hydrogens is 243 g/mol. The zero-order valence-electron chi connectivity index (χ0n) is 8.53. The summed E-state index contributed by atoms with van der Waals surface area (Å²) in [6.45, 7) is 2.88. The first kappa shape index (κ1) is 10.3. The molecule has 0 saturated carbocycles. The SMILES string of the molecule is CCOC1CCCCc2[se]nnc2C1. The Bertz CT molecular complexity index is 287. The Hall–Kier alpha value is -0.181. The monoisotopic (exact) mass is 260 g/mol. The van der Waals surface area contributed by atoms with Crippen molar-refractivity contribution in [2.45, 2.75) is 45.1 Å². The molecule has 1 atom stereocenters. The number of hydrogen-bond donors (Lipinski definition) is 0. The number of aryl methyl sites for hydroxylation is 1. The molecule has 1 aliphatic carbocycles. The number of hydrogen-bond acceptors (Lipinski definition) is 3. The molecular formula is C10H16N2OSe. The Labute approximate surface area is 90.8 Å². The summed E-state index contributed by atoms with van der Waals surface area (Å²) in [4.78, 5) is 0. The molecule has 1 aromatic rings. The van der Waals surface area contributed by atoms with E-state index < -0.39 is 0 Å². The first-order valence-corrected chi connectivity index (χ1v) is 6.94. The first-order chi connectivity index (χ1) is 6.90. The Balaban J connectivity index is 2.07. The van der Waals surface area contributed by atoms with Crippen molar-refractivity contribution in [3.05, 3.63) is 10.1 Å². The van der Waals surface area contributed by atoms with Crippen LogP contribution in [-0.4, -0.2) is 36.6 Å². The van der Waals surface area contributed by atoms with Gasteiger partial charge in [-0.3, -0.25) is 0 Å². The summed E-state index contributed by atoms with van der Waals surface area (Å²) in [5.41, 5.74) is 1.24. The predicted molar refractivity (Wildman–Crippen MR) is 55.6 cm³/mol. The molecule has 1 heterocycles. The molecule has 1 aromatic heterocycles. The van der Waals surface area contributed by atoms with E-state index >= 15 is 0 Å². The van der Waals surface area contributed by atoms with Gasteiger partial charge in [-0.1, -0.05) is 0 Å². The van der Waals surface area contributed by atoms with Gasteiger partial charge in [-0.2, -0.15) is 0 Å². The second-order valence-corrected chi connectivity index (χ2v) is 5.43. The molecule has 0 N–H and O–H groups in total. The van der Waals surface area contributed by atoms with Crippen LogP contribution in [0.3, 0.4) is 0 Å². The Morgan fingerprint density at radius 2 is 2.43 bits per heavy atom. The fourth-order valence-corrected chi connectivity index (χ4v) is 3.40. The van der Waals surface area contributed by atoms with Crippen LogP contribution in [0.15, 0.2) is 0 Å². The average molecular weight is 259 g/mol. The zero-order chi connectivity index (χ0) is 9.80. The van der Waals surface area contributed by atoms with Crippen LogP contribution in [0.4, 0.5) is 0 Å². The van der Waals surface area contributed by atoms with E-state index in [1.165, 1.54) is 35.8 Å². The van der Waals surface area contributed by atoms with Gasteiger partial charge in [0.05, 0.1) is 0 Å². The van der Waals surface area contributed by atoms with Crippen LogP contribution < -0.4 is 0 Å². The zero-order valence-corrected chi connectivity index (χ0v) is 10.2. The van der Waals surface area contributed by atoms with Crippen LogP contribution >= 0.6 is 0 Å². The standard InChI is InChI=1S/C10H16N2OSe/c1-2-13-8-5-3-4-6-10-9(7-8)11-12-14-10/h8H,2-7H2,1H3. The first-order valence-electron chi connectivity index (χ1n) is 5.32. The summed E-state index contributed by atoms with van der Waals surface area (Å²) >= 11 is 0.309. The van der Waals surface area contributed by atoms with Gasteiger partial charge in [0.1, 0.15) is 0 Å². The minimum atomic E-state index is 0.309. The molecule has 4 heteroatoms. The van der Waals surface area contributed by atoms with Crippen LogP contribution in [0.5, 0.6) is 0 Å². The van der Waals surface area contributed by atoms with Crippen molar-refractivity contribution >= 4 is 14.7 Å². The summed E-state index contributed by atoms with van der Waals surface area (Å²) in [7, 11) is 0. The van der Waals surface area contributed by atoms with Gasteiger partial charge in [0.25, 0.3) is 0 Å². The van der Waals surface area contributed by atoms with E-state index in [0.29, 0.717) is 20.8 Å². The van der Waals surface area contributed by atoms with E-state index in [0.717, 1.165) is 13.0 Å². The third-order valence-electron chi connectivity index (χ3n) is 2.64. The van der Waals surface area contributed by atoms with E-state index in [9.17, 15) is 0 Å². The number of nitrogens with zero attached hydrogens (tertiary/aromatic N) is 2. The number of ether oxygens (including phenoxy) is 1. The molecule has 0 spiro atoms. The van der Waals surface area contributed by atoms with Crippen molar-refractivity contribution in [1.29, 1.82) is 0 Å². The summed E-state index contributed by atoms with van der Waals surface area (Å²) < 4.78 is 11.4. The van der Waals surface area contributed by atoms with E-state index in [-0.39, 0.29) is 0 Å². The van der Waals surface area contributed by atoms with E-state index in [2.05, 4.69) is 16.1 Å². The molecule has 0 bridgehead atoms. The topological polar surface area (TPSA) is 35.0 Å². The van der Waals surface area contributed by atoms with E-state index in [1.54, 1.807) is 0 Å². The van der Waals surface area contributed by atoms with E-state index in [4.69, 9.17) is 4.74 Å². The summed E-state index contributed by atoms with van der Waals surface area (Å²) in [5, 5.41) is 4.24. The Morgan fingerprint density at radius 3 is 3.29 bits per heavy atom. The van der Waals surface area contributed by atoms with Crippen LogP contribution in [0.2, 0.25) is 0 Å². The van der Waals surface area contributed by atoms with Gasteiger partial charge in [-0.25, -0.2) is 0 Å². The van der Waals surface area contributed by atoms with Crippen molar-refractivity contribution in [2.75, 3.05) is 6.61 Å². The minimum absolute atomic E-state index is 0.309. The van der Waals surface area contributed by atoms with E-state index in [1.807, 2.05) is 0 Å². The fraction of sp³-hybridized carbons (Fsp3) is 0.800. The average Bonchev–Trinajstić information content (AvgIpc) is 2.55. The molecule has 2 rings (SSSR count). The Morgan fingerprint density at radius 1 is 1.50 bits per heavy atom. The molecule has 1 unspecified atom stereocenters. The maximum absolute atomic E-state index is 5.70. The molecule has 0 radical (unpaired) electrons. The molecule has 0 saturated heterocycles. The third-order valence-corrected chi connectivity index (χ3v) is 4.37. The van der Waals surface area contributed by atoms with Crippen LogP contribution in [0.1, 0.15) is 36.3 Å². The number of rotatable bonds is 2. The third kappa shape index (κ3) is 2.44. The second-order valence-electron chi connectivity index (χ2n) is 3.67. The molecule has 0 aromatic carbocycles. The van der Waals surface area contributed by atoms with Crippen LogP contribution in [0.25, 0.3) is 0 Å². The van der Waals surface area contributed by atoms with Gasteiger partial charge in [0.15, 0.2) is 0 Å². The van der Waals surface area contributed by atoms with Crippen molar-refractivity contribution in [1.82, 2.24) is 9.19 Å². The number of fused-ring (bicyclic) bond motifs is 1. The Kier molecular flexibility index (Phi) is 3.73. The summed E-state index contributed by atoms with van der Waals surface area (Å²) in [5.74, 6) is 0. The summed E-state index contributed by atoms with van der Waals surface area (Å²) in [6.07, 6.45) is 6.37. The van der Waals surface area contributed by atoms with Crippen molar-refractivity contribution in [3.8, 4) is 0 Å². The molecule has 1 aliphatic rings. The number of aromatic nitrogens is 2. The molecule has 0 fully saturated rings. The fourth-order valence-electron chi connectivity index (χ4n) is 1.93. The molecule has 14 heavy (non-hydrogen) atoms. The van der Waals surface area contributed by atoms with Gasteiger partial charge < -0.3 is 0 Å².